The van der Waals surface area contributed by atoms with E-state index in [0.29, 0.717) is 5.56 Å². The van der Waals surface area contributed by atoms with Crippen molar-refractivity contribution in [3.05, 3.63) is 54.3 Å². The van der Waals surface area contributed by atoms with Crippen LogP contribution in [0.15, 0.2) is 26.8 Å². The van der Waals surface area contributed by atoms with Crippen molar-refractivity contribution in [3.8, 4) is 11.5 Å². The van der Waals surface area contributed by atoms with E-state index >= 15 is 0 Å². The lowest BCUT2D eigenvalue weighted by atomic mass is 10.2. The molecule has 1 aromatic carbocycles. The Morgan fingerprint density at radius 2 is 2.13 bits per heavy atom. The number of H-pyrrole nitrogens is 2. The fraction of sp³-hybridized carbons (Fsp3) is 0.353. The highest BCUT2D eigenvalue weighted by Crippen LogP contribution is 2.38. The van der Waals surface area contributed by atoms with E-state index in [-0.39, 0.29) is 41.8 Å². The maximum Gasteiger partial charge on any atom is 0.342 e. The first-order valence-corrected chi connectivity index (χ1v) is 8.74. The molecule has 13 nitrogen and oxygen atoms in total. The lowest BCUT2D eigenvalue weighted by Crippen LogP contribution is -2.28. The van der Waals surface area contributed by atoms with Crippen molar-refractivity contribution in [2.75, 3.05) is 7.11 Å². The summed E-state index contributed by atoms with van der Waals surface area (Å²) in [6.45, 7) is 3.45. The third kappa shape index (κ3) is 5.98. The second kappa shape index (κ2) is 9.95. The first-order valence-electron chi connectivity index (χ1n) is 8.74. The van der Waals surface area contributed by atoms with Crippen LogP contribution in [-0.2, 0) is 11.2 Å². The molecular weight excluding hydrogens is 400 g/mol. The van der Waals surface area contributed by atoms with Crippen molar-refractivity contribution in [1.29, 1.82) is 0 Å². The highest BCUT2D eigenvalue weighted by Gasteiger charge is 2.23. The number of ether oxygens (including phenoxy) is 2. The third-order valence-corrected chi connectivity index (χ3v) is 3.60. The molecule has 0 saturated carbocycles. The van der Waals surface area contributed by atoms with Crippen LogP contribution in [0.25, 0.3) is 0 Å². The number of carbonyl (C=O) groups excluding carboxylic acids is 1. The molecule has 1 aromatic heterocycles. The lowest BCUT2D eigenvalue weighted by molar-refractivity contribution is -0.386. The minimum atomic E-state index is -0.743. The number of rotatable bonds is 9. The molecule has 160 valence electrons. The number of amides is 1. The van der Waals surface area contributed by atoms with Crippen molar-refractivity contribution in [2.24, 2.45) is 5.10 Å². The van der Waals surface area contributed by atoms with Crippen LogP contribution in [0.3, 0.4) is 0 Å². The van der Waals surface area contributed by atoms with Gasteiger partial charge >= 0.3 is 11.4 Å². The van der Waals surface area contributed by atoms with E-state index in [0.717, 1.165) is 0 Å². The van der Waals surface area contributed by atoms with Gasteiger partial charge in [0, 0.05) is 24.5 Å². The van der Waals surface area contributed by atoms with Crippen LogP contribution < -0.4 is 26.1 Å². The molecule has 3 N–H and O–H groups in total. The summed E-state index contributed by atoms with van der Waals surface area (Å²) < 4.78 is 10.6. The van der Waals surface area contributed by atoms with Crippen LogP contribution in [0.1, 0.15) is 31.5 Å². The minimum Gasteiger partial charge on any atom is -0.493 e. The van der Waals surface area contributed by atoms with Crippen molar-refractivity contribution in [1.82, 2.24) is 20.6 Å². The standard InChI is InChI=1S/C17H20N6O7/c1-9(2)30-15-12(23(27)28)6-10(7-13(15)29-3)8-18-21-14(24)5-4-11-16(25)19-17(26)22-20-11/h6-9H,4-5H2,1-3H3,(H,21,24)(H2,19,22,25,26)/b18-8+. The number of aryl methyl sites for hydroxylation is 1. The minimum absolute atomic E-state index is 0.00249. The summed E-state index contributed by atoms with van der Waals surface area (Å²) >= 11 is 0. The fourth-order valence-corrected chi connectivity index (χ4v) is 2.33. The van der Waals surface area contributed by atoms with Gasteiger partial charge < -0.3 is 9.47 Å². The third-order valence-electron chi connectivity index (χ3n) is 3.60. The maximum absolute atomic E-state index is 11.9. The summed E-state index contributed by atoms with van der Waals surface area (Å²) in [6, 6.07) is 2.71. The van der Waals surface area contributed by atoms with Gasteiger partial charge in [-0.2, -0.15) is 10.2 Å². The summed E-state index contributed by atoms with van der Waals surface area (Å²) in [5.74, 6) is -0.383. The SMILES string of the molecule is COc1cc(/C=N/NC(=O)CCc2n[nH]c(=O)[nH]c2=O)cc([N+](=O)[O-])c1OC(C)C. The Bertz CT molecular complexity index is 1070. The highest BCUT2D eigenvalue weighted by atomic mass is 16.6. The molecule has 0 spiro atoms. The van der Waals surface area contributed by atoms with Gasteiger partial charge in [0.2, 0.25) is 11.7 Å². The summed E-state index contributed by atoms with van der Waals surface area (Å²) in [7, 11) is 1.35. The Labute approximate surface area is 169 Å². The van der Waals surface area contributed by atoms with Gasteiger partial charge in [-0.25, -0.2) is 15.3 Å². The summed E-state index contributed by atoms with van der Waals surface area (Å²) in [5.41, 5.74) is 0.805. The summed E-state index contributed by atoms with van der Waals surface area (Å²) in [4.78, 5) is 47.1. The number of benzene rings is 1. The number of aromatic nitrogens is 3. The molecule has 0 aliphatic heterocycles. The average Bonchev–Trinajstić information content (AvgIpc) is 2.67. The number of hydrogen-bond acceptors (Lipinski definition) is 9. The predicted octanol–water partition coefficient (Wildman–Crippen LogP) is 0.245. The number of hydrogen-bond donors (Lipinski definition) is 3. The van der Waals surface area contributed by atoms with E-state index in [9.17, 15) is 24.5 Å². The van der Waals surface area contributed by atoms with E-state index in [1.54, 1.807) is 13.8 Å². The van der Waals surface area contributed by atoms with Gasteiger partial charge in [0.05, 0.1) is 24.4 Å². The van der Waals surface area contributed by atoms with Crippen molar-refractivity contribution < 1.29 is 19.2 Å². The number of hydrazone groups is 1. The van der Waals surface area contributed by atoms with E-state index < -0.39 is 22.1 Å². The molecule has 1 amide bonds. The number of nitro benzene ring substituents is 1. The van der Waals surface area contributed by atoms with Crippen LogP contribution in [0.2, 0.25) is 0 Å². The highest BCUT2D eigenvalue weighted by molar-refractivity contribution is 5.85. The van der Waals surface area contributed by atoms with E-state index in [1.165, 1.54) is 25.5 Å². The first kappa shape index (κ1) is 22.3. The molecule has 30 heavy (non-hydrogen) atoms. The number of nitrogens with one attached hydrogen (secondary N) is 3. The average molecular weight is 420 g/mol. The zero-order valence-corrected chi connectivity index (χ0v) is 16.4. The number of methoxy groups -OCH3 is 1. The molecule has 0 radical (unpaired) electrons. The van der Waals surface area contributed by atoms with E-state index in [2.05, 4.69) is 20.7 Å². The molecule has 13 heteroatoms. The van der Waals surface area contributed by atoms with Gasteiger partial charge in [-0.05, 0) is 19.9 Å². The topological polar surface area (TPSA) is 182 Å². The van der Waals surface area contributed by atoms with Crippen LogP contribution in [0.4, 0.5) is 5.69 Å². The molecule has 2 rings (SSSR count). The Balaban J connectivity index is 2.08. The van der Waals surface area contributed by atoms with Crippen LogP contribution in [0, 0.1) is 10.1 Å². The second-order valence-corrected chi connectivity index (χ2v) is 6.24. The monoisotopic (exact) mass is 420 g/mol. The normalized spacial score (nSPS) is 10.9. The van der Waals surface area contributed by atoms with Crippen molar-refractivity contribution >= 4 is 17.8 Å². The Morgan fingerprint density at radius 1 is 1.40 bits per heavy atom. The lowest BCUT2D eigenvalue weighted by Gasteiger charge is -2.14. The largest absolute Gasteiger partial charge is 0.493 e. The van der Waals surface area contributed by atoms with Crippen molar-refractivity contribution in [3.63, 3.8) is 0 Å². The zero-order chi connectivity index (χ0) is 22.3. The molecule has 0 unspecified atom stereocenters. The Morgan fingerprint density at radius 3 is 2.73 bits per heavy atom. The van der Waals surface area contributed by atoms with Gasteiger partial charge in [0.25, 0.3) is 5.56 Å². The molecular formula is C17H20N6O7. The smallest absolute Gasteiger partial charge is 0.342 e. The Kier molecular flexibility index (Phi) is 7.38. The summed E-state index contributed by atoms with van der Waals surface area (Å²) in [5, 5.41) is 20.8. The summed E-state index contributed by atoms with van der Waals surface area (Å²) in [6.07, 6.45) is 0.760. The van der Waals surface area contributed by atoms with Gasteiger partial charge in [-0.15, -0.1) is 0 Å². The van der Waals surface area contributed by atoms with Gasteiger partial charge in [0.15, 0.2) is 5.75 Å². The van der Waals surface area contributed by atoms with E-state index in [4.69, 9.17) is 9.47 Å². The maximum atomic E-state index is 11.9. The molecule has 0 atom stereocenters. The second-order valence-electron chi connectivity index (χ2n) is 6.24. The number of carbonyl (C=O) groups is 1. The van der Waals surface area contributed by atoms with Crippen LogP contribution in [0.5, 0.6) is 11.5 Å². The predicted molar refractivity (Wildman–Crippen MR) is 105 cm³/mol. The van der Waals surface area contributed by atoms with Crippen LogP contribution >= 0.6 is 0 Å². The molecule has 0 fully saturated rings. The number of nitro groups is 1. The quantitative estimate of drug-likeness (QED) is 0.293. The fourth-order valence-electron chi connectivity index (χ4n) is 2.33. The molecule has 0 saturated heterocycles. The van der Waals surface area contributed by atoms with Gasteiger partial charge in [0.1, 0.15) is 5.69 Å². The van der Waals surface area contributed by atoms with Crippen LogP contribution in [-0.4, -0.2) is 45.4 Å². The van der Waals surface area contributed by atoms with Crippen molar-refractivity contribution in [2.45, 2.75) is 32.8 Å². The van der Waals surface area contributed by atoms with Gasteiger partial charge in [-0.1, -0.05) is 0 Å². The van der Waals surface area contributed by atoms with Gasteiger partial charge in [-0.3, -0.25) is 24.7 Å². The zero-order valence-electron chi connectivity index (χ0n) is 16.4. The molecule has 0 aliphatic carbocycles. The molecule has 0 bridgehead atoms. The number of nitrogens with zero attached hydrogens (tertiary/aromatic N) is 3. The first-order chi connectivity index (χ1) is 14.2. The molecule has 2 aromatic rings. The number of aromatic amines is 2. The molecule has 1 heterocycles. The van der Waals surface area contributed by atoms with E-state index in [1.807, 2.05) is 4.98 Å². The molecule has 0 aliphatic rings. The Hall–Kier alpha value is -4.03.